The van der Waals surface area contributed by atoms with Crippen LogP contribution in [0.4, 0.5) is 0 Å². The van der Waals surface area contributed by atoms with Gasteiger partial charge in [0.15, 0.2) is 0 Å². The molecular weight excluding hydrogens is 344 g/mol. The van der Waals surface area contributed by atoms with E-state index >= 15 is 0 Å². The third-order valence-corrected chi connectivity index (χ3v) is 6.44. The molecule has 0 radical (unpaired) electrons. The number of amides is 1. The summed E-state index contributed by atoms with van der Waals surface area (Å²) in [5.74, 6) is 1.04. The highest BCUT2D eigenvalue weighted by Gasteiger charge is 2.57. The average molecular weight is 371 g/mol. The second-order valence-electron chi connectivity index (χ2n) is 7.40. The molecule has 4 rings (SSSR count). The number of hydrogen-bond acceptors (Lipinski definition) is 4. The zero-order valence-corrected chi connectivity index (χ0v) is 15.8. The van der Waals surface area contributed by atoms with E-state index < -0.39 is 0 Å². The molecule has 1 spiro atoms. The van der Waals surface area contributed by atoms with Gasteiger partial charge < -0.3 is 15.0 Å². The molecule has 5 heteroatoms. The monoisotopic (exact) mass is 370 g/mol. The van der Waals surface area contributed by atoms with Crippen molar-refractivity contribution in [3.05, 3.63) is 52.7 Å². The molecule has 1 saturated carbocycles. The number of benzene rings is 1. The number of piperidine rings is 1. The third kappa shape index (κ3) is 3.94. The second-order valence-corrected chi connectivity index (χ2v) is 8.18. The summed E-state index contributed by atoms with van der Waals surface area (Å²) in [6, 6.07) is 12.2. The third-order valence-electron chi connectivity index (χ3n) is 5.70. The Kier molecular flexibility index (Phi) is 5.27. The Bertz CT molecular complexity index is 711. The number of rotatable bonds is 7. The van der Waals surface area contributed by atoms with Gasteiger partial charge in [0.25, 0.3) is 0 Å². The Balaban J connectivity index is 1.38. The molecule has 2 fully saturated rings. The number of nitrogens with zero attached hydrogens (tertiary/aromatic N) is 1. The first kappa shape index (κ1) is 17.6. The molecule has 138 valence electrons. The van der Waals surface area contributed by atoms with Crippen molar-refractivity contribution in [2.75, 3.05) is 19.7 Å². The minimum absolute atomic E-state index is 0.215. The van der Waals surface area contributed by atoms with E-state index in [0.717, 1.165) is 31.8 Å². The van der Waals surface area contributed by atoms with Gasteiger partial charge in [-0.05, 0) is 72.3 Å². The van der Waals surface area contributed by atoms with Gasteiger partial charge in [-0.1, -0.05) is 18.2 Å². The van der Waals surface area contributed by atoms with E-state index in [2.05, 4.69) is 27.0 Å². The minimum Gasteiger partial charge on any atom is -0.493 e. The molecule has 1 amide bonds. The van der Waals surface area contributed by atoms with Crippen molar-refractivity contribution >= 4 is 17.2 Å². The number of ether oxygens (including phenoxy) is 1. The topological polar surface area (TPSA) is 41.6 Å². The number of para-hydroxylation sites is 1. The largest absolute Gasteiger partial charge is 0.493 e. The fourth-order valence-electron chi connectivity index (χ4n) is 4.10. The van der Waals surface area contributed by atoms with Crippen LogP contribution < -0.4 is 10.1 Å². The molecule has 1 atom stereocenters. The number of thiophene rings is 1. The molecule has 1 aromatic carbocycles. The molecule has 1 unspecified atom stereocenters. The van der Waals surface area contributed by atoms with Gasteiger partial charge in [0.1, 0.15) is 5.75 Å². The lowest BCUT2D eigenvalue weighted by Crippen LogP contribution is -2.39. The summed E-state index contributed by atoms with van der Waals surface area (Å²) in [6.45, 7) is 3.32. The Labute approximate surface area is 159 Å². The van der Waals surface area contributed by atoms with Crippen LogP contribution in [0.25, 0.3) is 0 Å². The summed E-state index contributed by atoms with van der Waals surface area (Å²) < 4.78 is 5.74. The van der Waals surface area contributed by atoms with Crippen LogP contribution in [0.5, 0.6) is 5.75 Å². The molecule has 1 aromatic heterocycles. The predicted octanol–water partition coefficient (Wildman–Crippen LogP) is 3.69. The van der Waals surface area contributed by atoms with Crippen molar-refractivity contribution in [2.24, 2.45) is 5.41 Å². The van der Waals surface area contributed by atoms with Gasteiger partial charge in [-0.2, -0.15) is 11.3 Å². The maximum Gasteiger partial charge on any atom is 0.226 e. The van der Waals surface area contributed by atoms with Crippen LogP contribution >= 0.6 is 11.3 Å². The molecule has 1 aliphatic heterocycles. The molecule has 1 aliphatic carbocycles. The zero-order valence-electron chi connectivity index (χ0n) is 15.0. The van der Waals surface area contributed by atoms with Gasteiger partial charge >= 0.3 is 0 Å². The molecule has 2 aromatic rings. The minimum atomic E-state index is 0.215. The van der Waals surface area contributed by atoms with Crippen LogP contribution in [-0.2, 0) is 11.3 Å². The fraction of sp³-hybridized carbons (Fsp3) is 0.476. The van der Waals surface area contributed by atoms with Gasteiger partial charge in [-0.25, -0.2) is 0 Å². The molecule has 1 N–H and O–H groups in total. The lowest BCUT2D eigenvalue weighted by molar-refractivity contribution is -0.133. The first-order valence-corrected chi connectivity index (χ1v) is 10.4. The summed E-state index contributed by atoms with van der Waals surface area (Å²) in [4.78, 5) is 15.1. The quantitative estimate of drug-likeness (QED) is 0.808. The fourth-order valence-corrected chi connectivity index (χ4v) is 4.76. The van der Waals surface area contributed by atoms with Crippen molar-refractivity contribution in [1.82, 2.24) is 10.2 Å². The summed E-state index contributed by atoms with van der Waals surface area (Å²) >= 11 is 1.69. The Morgan fingerprint density at radius 3 is 2.77 bits per heavy atom. The smallest absolute Gasteiger partial charge is 0.226 e. The lowest BCUT2D eigenvalue weighted by atomic mass is 9.93. The van der Waals surface area contributed by atoms with Crippen LogP contribution in [0.15, 0.2) is 47.2 Å². The molecule has 4 nitrogen and oxygen atoms in total. The van der Waals surface area contributed by atoms with Crippen LogP contribution in [0.3, 0.4) is 0 Å². The molecule has 26 heavy (non-hydrogen) atoms. The van der Waals surface area contributed by atoms with Crippen LogP contribution in [0.1, 0.15) is 31.2 Å². The van der Waals surface area contributed by atoms with Crippen molar-refractivity contribution in [1.29, 1.82) is 0 Å². The lowest BCUT2D eigenvalue weighted by Gasteiger charge is -2.29. The highest BCUT2D eigenvalue weighted by molar-refractivity contribution is 7.07. The Morgan fingerprint density at radius 2 is 2.04 bits per heavy atom. The zero-order chi connectivity index (χ0) is 17.8. The molecular formula is C21H26N2O2S. The van der Waals surface area contributed by atoms with Gasteiger partial charge in [-0.3, -0.25) is 4.79 Å². The van der Waals surface area contributed by atoms with E-state index in [0.29, 0.717) is 24.5 Å². The number of nitrogens with one attached hydrogen (secondary N) is 1. The normalized spacial score (nSPS) is 20.7. The number of hydrogen-bond donors (Lipinski definition) is 1. The van der Waals surface area contributed by atoms with E-state index in [1.54, 1.807) is 11.3 Å². The van der Waals surface area contributed by atoms with Crippen molar-refractivity contribution in [3.8, 4) is 5.75 Å². The number of carbonyl (C=O) groups is 1. The number of carbonyl (C=O) groups excluding carboxylic acids is 1. The van der Waals surface area contributed by atoms with E-state index in [-0.39, 0.29) is 5.91 Å². The van der Waals surface area contributed by atoms with E-state index in [4.69, 9.17) is 4.74 Å². The molecule has 1 saturated heterocycles. The Morgan fingerprint density at radius 1 is 1.23 bits per heavy atom. The predicted molar refractivity (Wildman–Crippen MR) is 104 cm³/mol. The molecule has 2 aliphatic rings. The van der Waals surface area contributed by atoms with E-state index in [9.17, 15) is 4.79 Å². The van der Waals surface area contributed by atoms with Crippen LogP contribution in [-0.4, -0.2) is 36.5 Å². The second kappa shape index (κ2) is 7.80. The average Bonchev–Trinajstić information content (AvgIpc) is 3.10. The maximum atomic E-state index is 13.0. The first-order chi connectivity index (χ1) is 12.8. The van der Waals surface area contributed by atoms with E-state index in [1.165, 1.54) is 18.4 Å². The first-order valence-electron chi connectivity index (χ1n) is 9.46. The maximum absolute atomic E-state index is 13.0. The van der Waals surface area contributed by atoms with Gasteiger partial charge in [0.2, 0.25) is 5.91 Å². The van der Waals surface area contributed by atoms with Crippen LogP contribution in [0, 0.1) is 5.41 Å². The SMILES string of the molecule is O=C(CCOc1ccccc1)N(Cc1ccsc1)C1CC12CCNCC2. The van der Waals surface area contributed by atoms with Crippen molar-refractivity contribution < 1.29 is 9.53 Å². The van der Waals surface area contributed by atoms with Crippen LogP contribution in [0.2, 0.25) is 0 Å². The summed E-state index contributed by atoms with van der Waals surface area (Å²) in [5, 5.41) is 7.68. The highest BCUT2D eigenvalue weighted by atomic mass is 32.1. The molecule has 2 heterocycles. The standard InChI is InChI=1S/C21H26N2O2S/c24-20(6-12-25-18-4-2-1-3-5-18)23(15-17-7-13-26-16-17)19-14-21(19)8-10-22-11-9-21/h1-5,7,13,16,19,22H,6,8-12,14-15H2. The Hall–Kier alpha value is -1.85. The highest BCUT2D eigenvalue weighted by Crippen LogP contribution is 2.56. The summed E-state index contributed by atoms with van der Waals surface area (Å²) in [6.07, 6.45) is 3.96. The van der Waals surface area contributed by atoms with Gasteiger partial charge in [0.05, 0.1) is 13.0 Å². The summed E-state index contributed by atoms with van der Waals surface area (Å²) in [7, 11) is 0. The van der Waals surface area contributed by atoms with Gasteiger partial charge in [-0.15, -0.1) is 0 Å². The van der Waals surface area contributed by atoms with Crippen molar-refractivity contribution in [2.45, 2.75) is 38.3 Å². The van der Waals surface area contributed by atoms with E-state index in [1.807, 2.05) is 30.3 Å². The van der Waals surface area contributed by atoms with Gasteiger partial charge in [0, 0.05) is 12.6 Å². The molecule has 0 bridgehead atoms. The summed E-state index contributed by atoms with van der Waals surface area (Å²) in [5.41, 5.74) is 1.60. The van der Waals surface area contributed by atoms with Crippen molar-refractivity contribution in [3.63, 3.8) is 0 Å².